The first-order chi connectivity index (χ1) is 8.45. The first kappa shape index (κ1) is 11.6. The van der Waals surface area contributed by atoms with Crippen LogP contribution in [0.3, 0.4) is 0 Å². The van der Waals surface area contributed by atoms with Crippen molar-refractivity contribution < 1.29 is 0 Å². The quantitative estimate of drug-likeness (QED) is 0.452. The van der Waals surface area contributed by atoms with Gasteiger partial charge >= 0.3 is 0 Å². The number of para-hydroxylation sites is 1. The zero-order valence-corrected chi connectivity index (χ0v) is 13.0. The molecule has 0 amide bonds. The molecule has 2 aromatic heterocycles. The number of pyridine rings is 1. The Hall–Kier alpha value is -1.48. The molecule has 0 N–H and O–H groups in total. The molecule has 4 aromatic rings. The van der Waals surface area contributed by atoms with Gasteiger partial charge in [0, 0.05) is 49.0 Å². The predicted molar refractivity (Wildman–Crippen MR) is 76.0 cm³/mol. The molecule has 0 aliphatic heterocycles. The van der Waals surface area contributed by atoms with E-state index in [1.54, 1.807) is 0 Å². The van der Waals surface area contributed by atoms with Crippen LogP contribution >= 0.6 is 0 Å². The molecular formula is C15H10InN2. The third kappa shape index (κ3) is 1.47. The smallest absolute Gasteiger partial charge is 0.145 e. The van der Waals surface area contributed by atoms with Gasteiger partial charge in [-0.15, -0.1) is 0 Å². The van der Waals surface area contributed by atoms with E-state index in [1.807, 2.05) is 12.4 Å². The van der Waals surface area contributed by atoms with Crippen molar-refractivity contribution in [1.82, 2.24) is 9.38 Å². The van der Waals surface area contributed by atoms with Crippen LogP contribution in [-0.4, -0.2) is 35.2 Å². The van der Waals surface area contributed by atoms with Gasteiger partial charge in [-0.3, -0.25) is 4.40 Å². The Morgan fingerprint density at radius 3 is 2.28 bits per heavy atom. The van der Waals surface area contributed by atoms with E-state index in [2.05, 4.69) is 57.9 Å². The predicted octanol–water partition coefficient (Wildman–Crippen LogP) is 3.26. The maximum absolute atomic E-state index is 4.46. The summed E-state index contributed by atoms with van der Waals surface area (Å²) in [6.07, 6.45) is 3.87. The summed E-state index contributed by atoms with van der Waals surface area (Å²) in [6.45, 7) is 0. The minimum atomic E-state index is 0. The fraction of sp³-hybridized carbons (Fsp3) is 0. The molecule has 0 atom stereocenters. The molecule has 2 nitrogen and oxygen atoms in total. The average molecular weight is 333 g/mol. The summed E-state index contributed by atoms with van der Waals surface area (Å²) in [5.41, 5.74) is 2.23. The number of benzene rings is 2. The summed E-state index contributed by atoms with van der Waals surface area (Å²) in [5.74, 6) is 0. The van der Waals surface area contributed by atoms with Crippen LogP contribution in [0, 0.1) is 0 Å². The molecule has 4 rings (SSSR count). The van der Waals surface area contributed by atoms with Crippen LogP contribution in [-0.2, 0) is 0 Å². The van der Waals surface area contributed by atoms with E-state index in [9.17, 15) is 0 Å². The van der Waals surface area contributed by atoms with Gasteiger partial charge in [-0.2, -0.15) is 0 Å². The molecule has 0 saturated carbocycles. The molecule has 3 radical (unpaired) electrons. The summed E-state index contributed by atoms with van der Waals surface area (Å²) in [6, 6.07) is 16.9. The van der Waals surface area contributed by atoms with Gasteiger partial charge < -0.3 is 0 Å². The number of hydrogen-bond donors (Lipinski definition) is 0. The molecule has 18 heavy (non-hydrogen) atoms. The second-order valence-electron chi connectivity index (χ2n) is 4.18. The second-order valence-corrected chi connectivity index (χ2v) is 4.18. The van der Waals surface area contributed by atoms with Crippen LogP contribution in [0.1, 0.15) is 0 Å². The fourth-order valence-corrected chi connectivity index (χ4v) is 2.52. The zero-order chi connectivity index (χ0) is 11.2. The number of nitrogens with zero attached hydrogens (tertiary/aromatic N) is 2. The molecule has 0 aliphatic rings. The summed E-state index contributed by atoms with van der Waals surface area (Å²) in [4.78, 5) is 4.46. The maximum atomic E-state index is 4.46. The van der Waals surface area contributed by atoms with Gasteiger partial charge in [-0.1, -0.05) is 42.5 Å². The summed E-state index contributed by atoms with van der Waals surface area (Å²) >= 11 is 0. The van der Waals surface area contributed by atoms with E-state index in [0.717, 1.165) is 5.65 Å². The van der Waals surface area contributed by atoms with Crippen molar-refractivity contribution >= 4 is 53.2 Å². The first-order valence-electron chi connectivity index (χ1n) is 5.68. The van der Waals surface area contributed by atoms with E-state index in [4.69, 9.17) is 0 Å². The molecular weight excluding hydrogens is 323 g/mol. The van der Waals surface area contributed by atoms with E-state index in [-0.39, 0.29) is 25.8 Å². The second kappa shape index (κ2) is 4.32. The van der Waals surface area contributed by atoms with Gasteiger partial charge in [0.15, 0.2) is 0 Å². The van der Waals surface area contributed by atoms with E-state index < -0.39 is 0 Å². The first-order valence-corrected chi connectivity index (χ1v) is 5.68. The number of fused-ring (bicyclic) bond motifs is 6. The Morgan fingerprint density at radius 2 is 1.44 bits per heavy atom. The third-order valence-corrected chi connectivity index (χ3v) is 3.26. The monoisotopic (exact) mass is 333 g/mol. The van der Waals surface area contributed by atoms with E-state index in [0.29, 0.717) is 0 Å². The minimum Gasteiger partial charge on any atom is -0.299 e. The topological polar surface area (TPSA) is 17.3 Å². The molecule has 0 fully saturated rings. The fourth-order valence-electron chi connectivity index (χ4n) is 2.52. The zero-order valence-electron chi connectivity index (χ0n) is 9.75. The molecule has 0 saturated heterocycles. The van der Waals surface area contributed by atoms with Crippen LogP contribution in [0.15, 0.2) is 60.9 Å². The summed E-state index contributed by atoms with van der Waals surface area (Å²) in [5, 5.41) is 3.74. The van der Waals surface area contributed by atoms with E-state index in [1.165, 1.54) is 21.7 Å². The van der Waals surface area contributed by atoms with E-state index >= 15 is 0 Å². The minimum absolute atomic E-state index is 0. The molecule has 2 heterocycles. The maximum Gasteiger partial charge on any atom is 0.145 e. The van der Waals surface area contributed by atoms with Crippen LogP contribution in [0.5, 0.6) is 0 Å². The molecule has 0 bridgehead atoms. The molecule has 3 heteroatoms. The van der Waals surface area contributed by atoms with Gasteiger partial charge in [0.1, 0.15) is 5.65 Å². The SMILES string of the molecule is [In].c1ccc2c(c1)c1ccccc1n1ccnc21. The van der Waals surface area contributed by atoms with Crippen molar-refractivity contribution in [2.45, 2.75) is 0 Å². The standard InChI is InChI=1S/C15H10N2.In/c1-2-7-13-11(5-1)12-6-3-4-8-14(12)17-10-9-16-15(13)17;/h1-10H;. The summed E-state index contributed by atoms with van der Waals surface area (Å²) < 4.78 is 2.15. The number of aromatic nitrogens is 2. The van der Waals surface area contributed by atoms with Gasteiger partial charge in [-0.05, 0) is 11.5 Å². The van der Waals surface area contributed by atoms with Crippen LogP contribution in [0.2, 0.25) is 0 Å². The van der Waals surface area contributed by atoms with Crippen LogP contribution in [0.25, 0.3) is 27.3 Å². The average Bonchev–Trinajstić information content (AvgIpc) is 2.89. The number of imidazole rings is 1. The van der Waals surface area contributed by atoms with Gasteiger partial charge in [0.05, 0.1) is 5.52 Å². The Balaban J connectivity index is 0.000001000. The molecule has 83 valence electrons. The third-order valence-electron chi connectivity index (χ3n) is 3.26. The Labute approximate surface area is 123 Å². The van der Waals surface area contributed by atoms with Crippen molar-refractivity contribution in [3.05, 3.63) is 60.9 Å². The normalized spacial score (nSPS) is 10.9. The molecule has 2 aromatic carbocycles. The van der Waals surface area contributed by atoms with Crippen molar-refractivity contribution in [3.8, 4) is 0 Å². The largest absolute Gasteiger partial charge is 0.299 e. The molecule has 0 spiro atoms. The van der Waals surface area contributed by atoms with Gasteiger partial charge in [0.25, 0.3) is 0 Å². The Morgan fingerprint density at radius 1 is 0.778 bits per heavy atom. The Bertz CT molecular complexity index is 779. The molecule has 0 aliphatic carbocycles. The molecule has 0 unspecified atom stereocenters. The number of hydrogen-bond acceptors (Lipinski definition) is 1. The Kier molecular flexibility index (Phi) is 2.78. The summed E-state index contributed by atoms with van der Waals surface area (Å²) in [7, 11) is 0. The van der Waals surface area contributed by atoms with Crippen molar-refractivity contribution in [2.75, 3.05) is 0 Å². The van der Waals surface area contributed by atoms with Gasteiger partial charge in [0.2, 0.25) is 0 Å². The van der Waals surface area contributed by atoms with Crippen LogP contribution in [0.4, 0.5) is 0 Å². The van der Waals surface area contributed by atoms with Crippen molar-refractivity contribution in [1.29, 1.82) is 0 Å². The van der Waals surface area contributed by atoms with Crippen molar-refractivity contribution in [3.63, 3.8) is 0 Å². The van der Waals surface area contributed by atoms with Gasteiger partial charge in [-0.25, -0.2) is 4.98 Å². The van der Waals surface area contributed by atoms with Crippen LogP contribution < -0.4 is 0 Å². The number of rotatable bonds is 0. The van der Waals surface area contributed by atoms with Crippen molar-refractivity contribution in [2.24, 2.45) is 0 Å².